The maximum atomic E-state index is 10.9. The molecule has 0 spiro atoms. The second kappa shape index (κ2) is 5.20. The first kappa shape index (κ1) is 12.6. The quantitative estimate of drug-likeness (QED) is 0.658. The highest BCUT2D eigenvalue weighted by molar-refractivity contribution is 7.15. The van der Waals surface area contributed by atoms with E-state index >= 15 is 0 Å². The number of nitrogens with zero attached hydrogens (tertiary/aromatic N) is 1. The van der Waals surface area contributed by atoms with E-state index in [-0.39, 0.29) is 0 Å². The van der Waals surface area contributed by atoms with E-state index in [0.717, 1.165) is 15.3 Å². The number of hydrogen-bond acceptors (Lipinski definition) is 3. The summed E-state index contributed by atoms with van der Waals surface area (Å²) < 4.78 is 0. The van der Waals surface area contributed by atoms with Crippen LogP contribution in [0.2, 0.25) is 0 Å². The molecule has 2 aromatic rings. The van der Waals surface area contributed by atoms with E-state index in [0.29, 0.717) is 5.06 Å². The van der Waals surface area contributed by atoms with Crippen molar-refractivity contribution in [1.29, 1.82) is 0 Å². The van der Waals surface area contributed by atoms with E-state index in [4.69, 9.17) is 5.73 Å². The van der Waals surface area contributed by atoms with Gasteiger partial charge in [0.15, 0.2) is 0 Å². The summed E-state index contributed by atoms with van der Waals surface area (Å²) in [6.45, 7) is 1.73. The number of carbonyl (C=O) groups excluding carboxylic acids is 1. The standard InChI is InChI=1S/C13H14N2O2S/c1-9(15(17)13(14)16)11-7-8-12(18-11)10-5-3-2-4-6-10/h2-9,17H,1H3,(H2,14,16). The first-order valence-electron chi connectivity index (χ1n) is 5.52. The van der Waals surface area contributed by atoms with Gasteiger partial charge in [-0.25, -0.2) is 4.79 Å². The number of urea groups is 1. The number of primary amides is 1. The lowest BCUT2D eigenvalue weighted by atomic mass is 10.2. The van der Waals surface area contributed by atoms with Crippen molar-refractivity contribution in [2.75, 3.05) is 0 Å². The van der Waals surface area contributed by atoms with Crippen molar-refractivity contribution in [1.82, 2.24) is 5.06 Å². The Morgan fingerprint density at radius 2 is 1.94 bits per heavy atom. The number of carbonyl (C=O) groups is 1. The van der Waals surface area contributed by atoms with Gasteiger partial charge in [0.05, 0.1) is 6.04 Å². The van der Waals surface area contributed by atoms with Crippen molar-refractivity contribution >= 4 is 17.4 Å². The Labute approximate surface area is 109 Å². The second-order valence-electron chi connectivity index (χ2n) is 3.93. The van der Waals surface area contributed by atoms with Crippen molar-refractivity contribution in [3.63, 3.8) is 0 Å². The highest BCUT2D eigenvalue weighted by atomic mass is 32.1. The molecule has 94 valence electrons. The largest absolute Gasteiger partial charge is 0.350 e. The lowest BCUT2D eigenvalue weighted by Gasteiger charge is -2.18. The molecule has 3 N–H and O–H groups in total. The molecule has 2 amide bonds. The molecule has 1 aromatic heterocycles. The summed E-state index contributed by atoms with van der Waals surface area (Å²) in [4.78, 5) is 12.9. The molecule has 0 bridgehead atoms. The van der Waals surface area contributed by atoms with Crippen molar-refractivity contribution < 1.29 is 10.0 Å². The van der Waals surface area contributed by atoms with Crippen molar-refractivity contribution in [2.45, 2.75) is 13.0 Å². The van der Waals surface area contributed by atoms with E-state index in [1.165, 1.54) is 11.3 Å². The van der Waals surface area contributed by atoms with Crippen LogP contribution in [0.1, 0.15) is 17.8 Å². The van der Waals surface area contributed by atoms with Crippen LogP contribution in [0.25, 0.3) is 10.4 Å². The number of hydrogen-bond donors (Lipinski definition) is 2. The van der Waals surface area contributed by atoms with Crippen LogP contribution in [0.4, 0.5) is 4.79 Å². The van der Waals surface area contributed by atoms with Crippen LogP contribution in [0.15, 0.2) is 42.5 Å². The van der Waals surface area contributed by atoms with Crippen LogP contribution in [0, 0.1) is 0 Å². The molecular formula is C13H14N2O2S. The third-order valence-electron chi connectivity index (χ3n) is 2.69. The molecule has 0 radical (unpaired) electrons. The minimum absolute atomic E-state index is 0.440. The van der Waals surface area contributed by atoms with Crippen molar-refractivity contribution in [3.8, 4) is 10.4 Å². The van der Waals surface area contributed by atoms with Gasteiger partial charge in [-0.2, -0.15) is 5.06 Å². The molecule has 2 rings (SSSR count). The van der Waals surface area contributed by atoms with Crippen LogP contribution in [-0.2, 0) is 0 Å². The zero-order chi connectivity index (χ0) is 13.1. The molecule has 1 atom stereocenters. The fourth-order valence-electron chi connectivity index (χ4n) is 1.65. The van der Waals surface area contributed by atoms with E-state index in [1.54, 1.807) is 6.92 Å². The summed E-state index contributed by atoms with van der Waals surface area (Å²) in [6, 6.07) is 12.5. The van der Waals surface area contributed by atoms with Gasteiger partial charge >= 0.3 is 6.03 Å². The summed E-state index contributed by atoms with van der Waals surface area (Å²) in [5.74, 6) is 0. The fraction of sp³-hybridized carbons (Fsp3) is 0.154. The Morgan fingerprint density at radius 3 is 2.56 bits per heavy atom. The highest BCUT2D eigenvalue weighted by Crippen LogP contribution is 2.32. The topological polar surface area (TPSA) is 66.6 Å². The third kappa shape index (κ3) is 2.52. The van der Waals surface area contributed by atoms with E-state index < -0.39 is 12.1 Å². The zero-order valence-corrected chi connectivity index (χ0v) is 10.7. The van der Waals surface area contributed by atoms with Crippen LogP contribution in [-0.4, -0.2) is 16.3 Å². The van der Waals surface area contributed by atoms with Gasteiger partial charge in [-0.1, -0.05) is 30.3 Å². The molecule has 18 heavy (non-hydrogen) atoms. The first-order chi connectivity index (χ1) is 8.59. The molecular weight excluding hydrogens is 248 g/mol. The van der Waals surface area contributed by atoms with Gasteiger partial charge in [-0.15, -0.1) is 11.3 Å². The molecule has 5 heteroatoms. The number of amides is 2. The summed E-state index contributed by atoms with van der Waals surface area (Å²) >= 11 is 1.53. The van der Waals surface area contributed by atoms with E-state index in [9.17, 15) is 10.0 Å². The molecule has 0 aliphatic carbocycles. The molecule has 1 aromatic carbocycles. The summed E-state index contributed by atoms with van der Waals surface area (Å²) in [5.41, 5.74) is 6.15. The maximum Gasteiger partial charge on any atom is 0.339 e. The lowest BCUT2D eigenvalue weighted by molar-refractivity contribution is -0.0700. The minimum Gasteiger partial charge on any atom is -0.350 e. The minimum atomic E-state index is -0.850. The Kier molecular flexibility index (Phi) is 3.64. The summed E-state index contributed by atoms with van der Waals surface area (Å²) in [6.07, 6.45) is 0. The average molecular weight is 262 g/mol. The number of hydroxylamine groups is 2. The molecule has 1 heterocycles. The predicted molar refractivity (Wildman–Crippen MR) is 71.4 cm³/mol. The van der Waals surface area contributed by atoms with Gasteiger partial charge in [0.1, 0.15) is 0 Å². The molecule has 0 saturated heterocycles. The zero-order valence-electron chi connectivity index (χ0n) is 9.91. The van der Waals surface area contributed by atoms with Crippen LogP contribution < -0.4 is 5.73 Å². The molecule has 1 unspecified atom stereocenters. The first-order valence-corrected chi connectivity index (χ1v) is 6.34. The maximum absolute atomic E-state index is 10.9. The number of rotatable bonds is 3. The summed E-state index contributed by atoms with van der Waals surface area (Å²) in [7, 11) is 0. The molecule has 0 saturated carbocycles. The highest BCUT2D eigenvalue weighted by Gasteiger charge is 2.18. The smallest absolute Gasteiger partial charge is 0.339 e. The third-order valence-corrected chi connectivity index (χ3v) is 3.99. The Balaban J connectivity index is 2.23. The summed E-state index contributed by atoms with van der Waals surface area (Å²) in [5, 5.41) is 10.0. The van der Waals surface area contributed by atoms with E-state index in [2.05, 4.69) is 0 Å². The van der Waals surface area contributed by atoms with Gasteiger partial charge in [0, 0.05) is 9.75 Å². The SMILES string of the molecule is CC(c1ccc(-c2ccccc2)s1)N(O)C(N)=O. The monoisotopic (exact) mass is 262 g/mol. The number of thiophene rings is 1. The van der Waals surface area contributed by atoms with Gasteiger partial charge < -0.3 is 5.73 Å². The Bertz CT molecular complexity index is 539. The van der Waals surface area contributed by atoms with Crippen LogP contribution >= 0.6 is 11.3 Å². The van der Waals surface area contributed by atoms with Gasteiger partial charge in [-0.05, 0) is 24.6 Å². The normalized spacial score (nSPS) is 12.1. The lowest BCUT2D eigenvalue weighted by Crippen LogP contribution is -2.34. The van der Waals surface area contributed by atoms with Crippen LogP contribution in [0.5, 0.6) is 0 Å². The molecule has 0 aliphatic rings. The Hall–Kier alpha value is -1.85. The van der Waals surface area contributed by atoms with Gasteiger partial charge in [0.25, 0.3) is 0 Å². The fourth-order valence-corrected chi connectivity index (χ4v) is 2.70. The predicted octanol–water partition coefficient (Wildman–Crippen LogP) is 3.25. The van der Waals surface area contributed by atoms with Gasteiger partial charge in [-0.3, -0.25) is 5.21 Å². The Morgan fingerprint density at radius 1 is 1.28 bits per heavy atom. The van der Waals surface area contributed by atoms with Gasteiger partial charge in [0.2, 0.25) is 0 Å². The molecule has 4 nitrogen and oxygen atoms in total. The molecule has 0 aliphatic heterocycles. The van der Waals surface area contributed by atoms with Crippen molar-refractivity contribution in [3.05, 3.63) is 47.3 Å². The second-order valence-corrected chi connectivity index (χ2v) is 5.04. The molecule has 0 fully saturated rings. The number of nitrogens with two attached hydrogens (primary N) is 1. The number of benzene rings is 1. The van der Waals surface area contributed by atoms with Crippen LogP contribution in [0.3, 0.4) is 0 Å². The average Bonchev–Trinajstić information content (AvgIpc) is 2.87. The van der Waals surface area contributed by atoms with E-state index in [1.807, 2.05) is 42.5 Å². The van der Waals surface area contributed by atoms with Crippen molar-refractivity contribution in [2.24, 2.45) is 5.73 Å².